The van der Waals surface area contributed by atoms with Gasteiger partial charge in [-0.2, -0.15) is 0 Å². The van der Waals surface area contributed by atoms with Gasteiger partial charge in [0.25, 0.3) is 11.8 Å². The fourth-order valence-electron chi connectivity index (χ4n) is 2.86. The molecule has 0 atom stereocenters. The first-order valence-electron chi connectivity index (χ1n) is 8.11. The molecule has 0 unspecified atom stereocenters. The molecule has 0 bridgehead atoms. The molecule has 28 heavy (non-hydrogen) atoms. The lowest BCUT2D eigenvalue weighted by molar-refractivity contribution is -0.120. The number of carbonyl (C=O) groups excluding carboxylic acids is 2. The Kier molecular flexibility index (Phi) is 4.93. The topological polar surface area (TPSA) is 49.4 Å². The van der Waals surface area contributed by atoms with Crippen molar-refractivity contribution in [3.63, 3.8) is 0 Å². The monoisotopic (exact) mass is 432 g/mol. The molecule has 3 aromatic rings. The molecule has 0 fully saturated rings. The Morgan fingerprint density at radius 2 is 1.68 bits per heavy atom. The summed E-state index contributed by atoms with van der Waals surface area (Å²) >= 11 is 13.6. The number of anilines is 2. The van der Waals surface area contributed by atoms with Crippen LogP contribution in [0.5, 0.6) is 0 Å². The first kappa shape index (κ1) is 18.7. The summed E-state index contributed by atoms with van der Waals surface area (Å²) in [4.78, 5) is 28.0. The van der Waals surface area contributed by atoms with Crippen molar-refractivity contribution in [2.24, 2.45) is 0 Å². The Morgan fingerprint density at radius 1 is 0.929 bits per heavy atom. The van der Waals surface area contributed by atoms with E-state index in [0.717, 1.165) is 4.90 Å². The molecule has 1 aliphatic heterocycles. The molecule has 4 rings (SSSR count). The normalized spacial score (nSPS) is 14.2. The van der Waals surface area contributed by atoms with Crippen molar-refractivity contribution in [2.75, 3.05) is 10.2 Å². The van der Waals surface area contributed by atoms with Gasteiger partial charge in [-0.25, -0.2) is 9.29 Å². The zero-order valence-corrected chi connectivity index (χ0v) is 16.4. The van der Waals surface area contributed by atoms with Crippen LogP contribution in [0.4, 0.5) is 15.8 Å². The molecule has 2 aromatic carbocycles. The molecule has 2 heterocycles. The van der Waals surface area contributed by atoms with Gasteiger partial charge < -0.3 is 5.32 Å². The van der Waals surface area contributed by atoms with Gasteiger partial charge in [-0.05, 0) is 47.8 Å². The van der Waals surface area contributed by atoms with Crippen LogP contribution in [0, 0.1) is 5.82 Å². The van der Waals surface area contributed by atoms with E-state index in [1.807, 2.05) is 5.38 Å². The van der Waals surface area contributed by atoms with E-state index in [0.29, 0.717) is 10.6 Å². The van der Waals surface area contributed by atoms with Gasteiger partial charge in [0.05, 0.1) is 21.3 Å². The molecule has 8 heteroatoms. The minimum Gasteiger partial charge on any atom is -0.350 e. The van der Waals surface area contributed by atoms with Crippen molar-refractivity contribution < 1.29 is 14.0 Å². The van der Waals surface area contributed by atoms with Gasteiger partial charge in [-0.1, -0.05) is 35.3 Å². The summed E-state index contributed by atoms with van der Waals surface area (Å²) in [6.07, 6.45) is 0. The minimum atomic E-state index is -0.568. The zero-order valence-electron chi connectivity index (χ0n) is 14.1. The molecule has 0 aliphatic carbocycles. The third kappa shape index (κ3) is 3.20. The van der Waals surface area contributed by atoms with E-state index in [9.17, 15) is 14.0 Å². The third-order valence-electron chi connectivity index (χ3n) is 4.14. The van der Waals surface area contributed by atoms with Gasteiger partial charge in [-0.3, -0.25) is 9.59 Å². The number of hydrogen-bond acceptors (Lipinski definition) is 4. The maximum atomic E-state index is 13.2. The number of nitrogens with zero attached hydrogens (tertiary/aromatic N) is 1. The average Bonchev–Trinajstić information content (AvgIpc) is 3.27. The van der Waals surface area contributed by atoms with Gasteiger partial charge in [0, 0.05) is 10.6 Å². The van der Waals surface area contributed by atoms with Gasteiger partial charge in [0.1, 0.15) is 11.5 Å². The van der Waals surface area contributed by atoms with Crippen molar-refractivity contribution in [3.8, 4) is 0 Å². The SMILES string of the molecule is O=C1C(Nc2ccc(F)cc2)=C(c2cccs2)C(=O)N1c1cccc(Cl)c1Cl. The van der Waals surface area contributed by atoms with Crippen molar-refractivity contribution in [3.05, 3.63) is 86.4 Å². The molecule has 1 aliphatic rings. The first-order chi connectivity index (χ1) is 13.5. The van der Waals surface area contributed by atoms with E-state index in [1.165, 1.54) is 35.6 Å². The van der Waals surface area contributed by atoms with Gasteiger partial charge >= 0.3 is 0 Å². The van der Waals surface area contributed by atoms with Crippen LogP contribution in [0.1, 0.15) is 4.88 Å². The molecule has 2 amide bonds. The Hall–Kier alpha value is -2.67. The Bertz CT molecular complexity index is 1110. The fourth-order valence-corrected chi connectivity index (χ4v) is 4.00. The first-order valence-corrected chi connectivity index (χ1v) is 9.74. The maximum absolute atomic E-state index is 13.2. The molecule has 0 saturated heterocycles. The van der Waals surface area contributed by atoms with Crippen molar-refractivity contribution in [1.82, 2.24) is 0 Å². The Morgan fingerprint density at radius 3 is 2.36 bits per heavy atom. The molecular weight excluding hydrogens is 422 g/mol. The fraction of sp³-hybridized carbons (Fsp3) is 0. The highest BCUT2D eigenvalue weighted by molar-refractivity contribution is 7.11. The number of rotatable bonds is 4. The summed E-state index contributed by atoms with van der Waals surface area (Å²) in [5.41, 5.74) is 0.996. The van der Waals surface area contributed by atoms with E-state index in [4.69, 9.17) is 23.2 Å². The summed E-state index contributed by atoms with van der Waals surface area (Å²) in [5.74, 6) is -1.48. The number of carbonyl (C=O) groups is 2. The predicted molar refractivity (Wildman–Crippen MR) is 110 cm³/mol. The van der Waals surface area contributed by atoms with Gasteiger partial charge in [0.15, 0.2) is 0 Å². The summed E-state index contributed by atoms with van der Waals surface area (Å²) in [7, 11) is 0. The average molecular weight is 433 g/mol. The summed E-state index contributed by atoms with van der Waals surface area (Å²) < 4.78 is 13.2. The second-order valence-corrected chi connectivity index (χ2v) is 7.61. The molecule has 1 aromatic heterocycles. The number of imide groups is 1. The number of nitrogens with one attached hydrogen (secondary N) is 1. The highest BCUT2D eigenvalue weighted by Gasteiger charge is 2.41. The molecule has 140 valence electrons. The lowest BCUT2D eigenvalue weighted by Gasteiger charge is -2.17. The van der Waals surface area contributed by atoms with E-state index < -0.39 is 17.6 Å². The Balaban J connectivity index is 1.82. The zero-order chi connectivity index (χ0) is 19.8. The third-order valence-corrected chi connectivity index (χ3v) is 5.83. The molecule has 4 nitrogen and oxygen atoms in total. The van der Waals surface area contributed by atoms with Crippen LogP contribution < -0.4 is 10.2 Å². The second-order valence-electron chi connectivity index (χ2n) is 5.88. The molecule has 0 spiro atoms. The molecule has 0 radical (unpaired) electrons. The smallest absolute Gasteiger partial charge is 0.282 e. The summed E-state index contributed by atoms with van der Waals surface area (Å²) in [6.45, 7) is 0. The highest BCUT2D eigenvalue weighted by Crippen LogP contribution is 2.40. The van der Waals surface area contributed by atoms with Gasteiger partial charge in [-0.15, -0.1) is 11.3 Å². The van der Waals surface area contributed by atoms with Crippen molar-refractivity contribution in [1.29, 1.82) is 0 Å². The summed E-state index contributed by atoms with van der Waals surface area (Å²) in [6, 6.07) is 13.8. The van der Waals surface area contributed by atoms with Crippen molar-refractivity contribution in [2.45, 2.75) is 0 Å². The standard InChI is InChI=1S/C20H11Cl2FN2O2S/c21-13-3-1-4-14(17(13)22)25-19(26)16(15-5-2-10-28-15)18(20(25)27)24-12-8-6-11(23)7-9-12/h1-10,24H. The van der Waals surface area contributed by atoms with Crippen LogP contribution in [0.2, 0.25) is 10.0 Å². The number of amides is 2. The Labute approximate surface area is 173 Å². The van der Waals surface area contributed by atoms with E-state index in [-0.39, 0.29) is 27.0 Å². The molecular formula is C20H11Cl2FN2O2S. The number of benzene rings is 2. The molecule has 1 N–H and O–H groups in total. The molecule has 0 saturated carbocycles. The minimum absolute atomic E-state index is 0.0927. The summed E-state index contributed by atoms with van der Waals surface area (Å²) in [5, 5.41) is 5.11. The maximum Gasteiger partial charge on any atom is 0.282 e. The van der Waals surface area contributed by atoms with E-state index >= 15 is 0 Å². The van der Waals surface area contributed by atoms with Crippen LogP contribution in [0.15, 0.2) is 65.7 Å². The van der Waals surface area contributed by atoms with Crippen LogP contribution in [0.25, 0.3) is 5.57 Å². The number of thiophene rings is 1. The van der Waals surface area contributed by atoms with Gasteiger partial charge in [0.2, 0.25) is 0 Å². The van der Waals surface area contributed by atoms with Crippen LogP contribution in [0.3, 0.4) is 0 Å². The lowest BCUT2D eigenvalue weighted by atomic mass is 10.2. The van der Waals surface area contributed by atoms with Crippen molar-refractivity contribution >= 4 is 63.3 Å². The number of halogens is 3. The van der Waals surface area contributed by atoms with E-state index in [2.05, 4.69) is 5.32 Å². The van der Waals surface area contributed by atoms with Crippen LogP contribution in [-0.2, 0) is 9.59 Å². The van der Waals surface area contributed by atoms with Crippen LogP contribution in [-0.4, -0.2) is 11.8 Å². The van der Waals surface area contributed by atoms with Crippen LogP contribution >= 0.6 is 34.5 Å². The second kappa shape index (κ2) is 7.39. The highest BCUT2D eigenvalue weighted by atomic mass is 35.5. The quantitative estimate of drug-likeness (QED) is 0.546. The largest absolute Gasteiger partial charge is 0.350 e. The predicted octanol–water partition coefficient (Wildman–Crippen LogP) is 5.59. The lowest BCUT2D eigenvalue weighted by Crippen LogP contribution is -2.32. The number of hydrogen-bond donors (Lipinski definition) is 1. The van der Waals surface area contributed by atoms with E-state index in [1.54, 1.807) is 30.3 Å².